The standard InChI is InChI=1S/C64H42N2O/c1-2-20-43(21-3-1)48-33-17-22-44-23-18-34-55(63(44)48)49-27-5-4-26-47(49)45-24-16-25-46(42-45)65(61-40-19-35-56-54-32-10-15-41-62(54)67-64(56)61)57-36-11-6-28-50(57)51-29-7-12-37-58(51)66-59-38-13-8-30-52(59)53-31-9-14-39-60(53)66/h1-42H. The van der Waals surface area contributed by atoms with Gasteiger partial charge in [0.25, 0.3) is 0 Å². The molecule has 0 radical (unpaired) electrons. The lowest BCUT2D eigenvalue weighted by Gasteiger charge is -2.29. The summed E-state index contributed by atoms with van der Waals surface area (Å²) in [6, 6.07) is 91.9. The van der Waals surface area contributed by atoms with Gasteiger partial charge in [0, 0.05) is 38.4 Å². The number of hydrogen-bond acceptors (Lipinski definition) is 2. The summed E-state index contributed by atoms with van der Waals surface area (Å²) in [6.45, 7) is 0. The van der Waals surface area contributed by atoms with Crippen molar-refractivity contribution >= 4 is 71.6 Å². The van der Waals surface area contributed by atoms with E-state index in [-0.39, 0.29) is 0 Å². The Balaban J connectivity index is 1.04. The number of benzene rings is 11. The molecule has 3 nitrogen and oxygen atoms in total. The maximum Gasteiger partial charge on any atom is 0.159 e. The number of anilines is 3. The van der Waals surface area contributed by atoms with E-state index in [0.29, 0.717) is 0 Å². The Kier molecular flexibility index (Phi) is 9.17. The Labute approximate surface area is 388 Å². The van der Waals surface area contributed by atoms with E-state index in [1.807, 2.05) is 6.07 Å². The minimum absolute atomic E-state index is 0.837. The monoisotopic (exact) mass is 854 g/mol. The molecular weight excluding hydrogens is 813 g/mol. The lowest BCUT2D eigenvalue weighted by Crippen LogP contribution is -2.12. The first-order valence-electron chi connectivity index (χ1n) is 22.9. The summed E-state index contributed by atoms with van der Waals surface area (Å²) in [4.78, 5) is 2.40. The Morgan fingerprint density at radius 1 is 0.328 bits per heavy atom. The average Bonchev–Trinajstić information content (AvgIpc) is 3.95. The van der Waals surface area contributed by atoms with Gasteiger partial charge in [-0.15, -0.1) is 0 Å². The lowest BCUT2D eigenvalue weighted by molar-refractivity contribution is 0.669. The fourth-order valence-corrected chi connectivity index (χ4v) is 10.5. The molecule has 0 aliphatic heterocycles. The van der Waals surface area contributed by atoms with Crippen LogP contribution in [0.25, 0.3) is 105 Å². The predicted octanol–water partition coefficient (Wildman–Crippen LogP) is 18.0. The van der Waals surface area contributed by atoms with E-state index in [9.17, 15) is 0 Å². The minimum Gasteiger partial charge on any atom is -0.454 e. The Hall–Kier alpha value is -8.92. The third-order valence-electron chi connectivity index (χ3n) is 13.4. The smallest absolute Gasteiger partial charge is 0.159 e. The lowest BCUT2D eigenvalue weighted by atomic mass is 9.88. The molecule has 314 valence electrons. The Morgan fingerprint density at radius 3 is 1.66 bits per heavy atom. The highest BCUT2D eigenvalue weighted by atomic mass is 16.3. The number of aromatic nitrogens is 1. The molecule has 0 amide bonds. The number of rotatable bonds is 8. The first kappa shape index (κ1) is 38.5. The van der Waals surface area contributed by atoms with E-state index in [4.69, 9.17) is 4.42 Å². The summed E-state index contributed by atoms with van der Waals surface area (Å²) in [7, 11) is 0. The number of para-hydroxylation sites is 6. The topological polar surface area (TPSA) is 21.3 Å². The van der Waals surface area contributed by atoms with Gasteiger partial charge in [0.15, 0.2) is 5.58 Å². The van der Waals surface area contributed by atoms with Crippen LogP contribution >= 0.6 is 0 Å². The number of fused-ring (bicyclic) bond motifs is 7. The zero-order valence-corrected chi connectivity index (χ0v) is 36.6. The van der Waals surface area contributed by atoms with Crippen molar-refractivity contribution in [1.82, 2.24) is 4.57 Å². The van der Waals surface area contributed by atoms with Gasteiger partial charge in [-0.3, -0.25) is 0 Å². The molecule has 0 saturated carbocycles. The summed E-state index contributed by atoms with van der Waals surface area (Å²) in [5.74, 6) is 0. The van der Waals surface area contributed by atoms with Gasteiger partial charge in [0.2, 0.25) is 0 Å². The normalized spacial score (nSPS) is 11.6. The second-order valence-corrected chi connectivity index (χ2v) is 17.2. The van der Waals surface area contributed by atoms with Crippen molar-refractivity contribution in [2.45, 2.75) is 0 Å². The summed E-state index contributed by atoms with van der Waals surface area (Å²) in [5.41, 5.74) is 17.5. The fourth-order valence-electron chi connectivity index (χ4n) is 10.5. The highest BCUT2D eigenvalue weighted by molar-refractivity contribution is 6.13. The van der Waals surface area contributed by atoms with Gasteiger partial charge in [-0.05, 0) is 92.7 Å². The third kappa shape index (κ3) is 6.35. The second-order valence-electron chi connectivity index (χ2n) is 17.2. The van der Waals surface area contributed by atoms with Gasteiger partial charge >= 0.3 is 0 Å². The van der Waals surface area contributed by atoms with E-state index >= 15 is 0 Å². The summed E-state index contributed by atoms with van der Waals surface area (Å²) < 4.78 is 9.29. The Bertz CT molecular complexity index is 3950. The highest BCUT2D eigenvalue weighted by Crippen LogP contribution is 2.48. The van der Waals surface area contributed by atoms with Crippen LogP contribution in [0.3, 0.4) is 0 Å². The van der Waals surface area contributed by atoms with E-state index in [2.05, 4.69) is 258 Å². The van der Waals surface area contributed by atoms with Crippen LogP contribution in [0.1, 0.15) is 0 Å². The first-order valence-corrected chi connectivity index (χ1v) is 22.9. The van der Waals surface area contributed by atoms with Gasteiger partial charge in [0.05, 0.1) is 28.1 Å². The average molecular weight is 855 g/mol. The molecule has 0 spiro atoms. The molecule has 67 heavy (non-hydrogen) atoms. The first-order chi connectivity index (χ1) is 33.3. The van der Waals surface area contributed by atoms with Crippen LogP contribution in [0.2, 0.25) is 0 Å². The molecule has 0 aliphatic rings. The number of furan rings is 1. The molecule has 3 heteroatoms. The van der Waals surface area contributed by atoms with E-state index < -0.39 is 0 Å². The minimum atomic E-state index is 0.837. The molecule has 13 aromatic rings. The van der Waals surface area contributed by atoms with Crippen LogP contribution in [-0.4, -0.2) is 4.57 Å². The van der Waals surface area contributed by atoms with Crippen LogP contribution in [-0.2, 0) is 0 Å². The molecular formula is C64H42N2O. The largest absolute Gasteiger partial charge is 0.454 e. The predicted molar refractivity (Wildman–Crippen MR) is 282 cm³/mol. The molecule has 0 bridgehead atoms. The van der Waals surface area contributed by atoms with Gasteiger partial charge in [-0.1, -0.05) is 206 Å². The molecule has 0 unspecified atom stereocenters. The molecule has 11 aromatic carbocycles. The van der Waals surface area contributed by atoms with Gasteiger partial charge < -0.3 is 13.9 Å². The fraction of sp³-hybridized carbons (Fsp3) is 0. The van der Waals surface area contributed by atoms with Gasteiger partial charge in [-0.2, -0.15) is 0 Å². The maximum absolute atomic E-state index is 6.87. The zero-order valence-electron chi connectivity index (χ0n) is 36.6. The van der Waals surface area contributed by atoms with Crippen molar-refractivity contribution in [3.63, 3.8) is 0 Å². The summed E-state index contributed by atoms with van der Waals surface area (Å²) in [6.07, 6.45) is 0. The van der Waals surface area contributed by atoms with Crippen LogP contribution < -0.4 is 4.90 Å². The Morgan fingerprint density at radius 2 is 0.866 bits per heavy atom. The second kappa shape index (κ2) is 16.0. The number of hydrogen-bond donors (Lipinski definition) is 0. The molecule has 0 saturated heterocycles. The molecule has 0 fully saturated rings. The van der Waals surface area contributed by atoms with Crippen molar-refractivity contribution in [2.24, 2.45) is 0 Å². The zero-order chi connectivity index (χ0) is 44.3. The SMILES string of the molecule is c1ccc(-c2cccc3cccc(-c4ccccc4-c4cccc(N(c5ccccc5-c5ccccc5-n5c6ccccc6c6ccccc65)c5cccc6c5oc5ccccc56)c4)c23)cc1. The van der Waals surface area contributed by atoms with Crippen molar-refractivity contribution < 1.29 is 4.42 Å². The highest BCUT2D eigenvalue weighted by Gasteiger charge is 2.25. The summed E-state index contributed by atoms with van der Waals surface area (Å²) >= 11 is 0. The van der Waals surface area contributed by atoms with E-state index in [0.717, 1.165) is 66.9 Å². The van der Waals surface area contributed by atoms with Crippen molar-refractivity contribution in [3.05, 3.63) is 255 Å². The molecule has 0 N–H and O–H groups in total. The third-order valence-corrected chi connectivity index (χ3v) is 13.4. The van der Waals surface area contributed by atoms with Crippen LogP contribution in [0.15, 0.2) is 259 Å². The maximum atomic E-state index is 6.87. The van der Waals surface area contributed by atoms with Crippen LogP contribution in [0.5, 0.6) is 0 Å². The van der Waals surface area contributed by atoms with Crippen molar-refractivity contribution in [2.75, 3.05) is 4.90 Å². The quantitative estimate of drug-likeness (QED) is 0.152. The van der Waals surface area contributed by atoms with Crippen molar-refractivity contribution in [1.29, 1.82) is 0 Å². The molecule has 2 aromatic heterocycles. The van der Waals surface area contributed by atoms with Crippen LogP contribution in [0, 0.1) is 0 Å². The van der Waals surface area contributed by atoms with Gasteiger partial charge in [-0.25, -0.2) is 0 Å². The van der Waals surface area contributed by atoms with Crippen LogP contribution in [0.4, 0.5) is 17.1 Å². The summed E-state index contributed by atoms with van der Waals surface area (Å²) in [5, 5.41) is 7.09. The van der Waals surface area contributed by atoms with Gasteiger partial charge in [0.1, 0.15) is 5.58 Å². The molecule has 13 rings (SSSR count). The van der Waals surface area contributed by atoms with E-state index in [1.165, 1.54) is 54.8 Å². The van der Waals surface area contributed by atoms with E-state index in [1.54, 1.807) is 0 Å². The molecule has 0 atom stereocenters. The molecule has 0 aliphatic carbocycles. The molecule has 2 heterocycles. The number of nitrogens with zero attached hydrogens (tertiary/aromatic N) is 2. The van der Waals surface area contributed by atoms with Crippen molar-refractivity contribution in [3.8, 4) is 50.2 Å².